The van der Waals surface area contributed by atoms with Crippen molar-refractivity contribution in [3.63, 3.8) is 0 Å². The zero-order valence-electron chi connectivity index (χ0n) is 6.99. The summed E-state index contributed by atoms with van der Waals surface area (Å²) >= 11 is 0. The number of nitriles is 1. The molecule has 0 N–H and O–H groups in total. The van der Waals surface area contributed by atoms with Crippen molar-refractivity contribution in [2.24, 2.45) is 17.8 Å². The summed E-state index contributed by atoms with van der Waals surface area (Å²) in [5.74, 6) is 6.62. The Bertz CT molecular complexity index is 372. The Morgan fingerprint density at radius 1 is 1.23 bits per heavy atom. The van der Waals surface area contributed by atoms with Crippen molar-refractivity contribution in [2.75, 3.05) is 0 Å². The highest BCUT2D eigenvalue weighted by atomic mass is 14.4. The van der Waals surface area contributed by atoms with Gasteiger partial charge < -0.3 is 0 Å². The first kappa shape index (κ1) is 9.00. The fourth-order valence-corrected chi connectivity index (χ4v) is 1.20. The fourth-order valence-electron chi connectivity index (χ4n) is 1.20. The molecule has 1 aliphatic rings. The third-order valence-corrected chi connectivity index (χ3v) is 1.99. The maximum atomic E-state index is 8.65. The summed E-state index contributed by atoms with van der Waals surface area (Å²) in [4.78, 5) is 0. The summed E-state index contributed by atoms with van der Waals surface area (Å²) in [6.45, 7) is 0. The Hall–Kier alpha value is -2.09. The molecule has 1 rings (SSSR count). The second-order valence-electron chi connectivity index (χ2n) is 2.73. The molecule has 0 aliphatic heterocycles. The molecule has 0 aromatic rings. The predicted octanol–water partition coefficient (Wildman–Crippen LogP) is 1.20. The van der Waals surface area contributed by atoms with Crippen LogP contribution in [0.3, 0.4) is 0 Å². The average molecular weight is 165 g/mol. The normalized spacial score (nSPS) is 20.1. The first-order valence-electron chi connectivity index (χ1n) is 3.78. The van der Waals surface area contributed by atoms with Crippen molar-refractivity contribution in [1.29, 1.82) is 5.26 Å². The molecular weight excluding hydrogens is 158 g/mol. The number of nitrogens with zero attached hydrogens (tertiary/aromatic N) is 1. The van der Waals surface area contributed by atoms with Crippen molar-refractivity contribution in [3.8, 4) is 43.1 Å². The molecule has 0 amide bonds. The van der Waals surface area contributed by atoms with Gasteiger partial charge >= 0.3 is 0 Å². The van der Waals surface area contributed by atoms with Crippen LogP contribution in [0.25, 0.3) is 0 Å². The van der Waals surface area contributed by atoms with Gasteiger partial charge in [-0.1, -0.05) is 23.8 Å². The average Bonchev–Trinajstić information content (AvgIpc) is 2.90. The minimum absolute atomic E-state index is 0.00657. The minimum Gasteiger partial charge on any atom is -0.197 e. The molecule has 0 saturated heterocycles. The van der Waals surface area contributed by atoms with Gasteiger partial charge in [0, 0.05) is 5.92 Å². The van der Waals surface area contributed by atoms with Crippen LogP contribution in [0.2, 0.25) is 0 Å². The van der Waals surface area contributed by atoms with Crippen LogP contribution in [0.5, 0.6) is 0 Å². The lowest BCUT2D eigenvalue weighted by Crippen LogP contribution is -2.02. The molecule has 0 fully saturated rings. The van der Waals surface area contributed by atoms with E-state index in [1.807, 2.05) is 12.1 Å². The van der Waals surface area contributed by atoms with Gasteiger partial charge in [-0.2, -0.15) is 5.26 Å². The van der Waals surface area contributed by atoms with Gasteiger partial charge in [-0.3, -0.25) is 0 Å². The summed E-state index contributed by atoms with van der Waals surface area (Å²) in [5, 5.41) is 8.65. The van der Waals surface area contributed by atoms with Gasteiger partial charge in [0.15, 0.2) is 0 Å². The van der Waals surface area contributed by atoms with E-state index in [-0.39, 0.29) is 11.8 Å². The summed E-state index contributed by atoms with van der Waals surface area (Å²) < 4.78 is 0. The van der Waals surface area contributed by atoms with Crippen LogP contribution in [0.15, 0.2) is 11.6 Å². The highest BCUT2D eigenvalue weighted by Gasteiger charge is 2.35. The molecule has 2 unspecified atom stereocenters. The Balaban J connectivity index is 2.63. The summed E-state index contributed by atoms with van der Waals surface area (Å²) in [5.41, 5.74) is 0.939. The second kappa shape index (κ2) is 3.54. The van der Waals surface area contributed by atoms with Crippen LogP contribution >= 0.6 is 0 Å². The molecule has 1 nitrogen and oxygen atoms in total. The molecule has 2 atom stereocenters. The molecule has 0 radical (unpaired) electrons. The zero-order valence-corrected chi connectivity index (χ0v) is 6.99. The van der Waals surface area contributed by atoms with E-state index < -0.39 is 5.92 Å². The van der Waals surface area contributed by atoms with Gasteiger partial charge in [0.1, 0.15) is 11.8 Å². The van der Waals surface area contributed by atoms with Crippen LogP contribution in [0.4, 0.5) is 0 Å². The summed E-state index contributed by atoms with van der Waals surface area (Å²) in [6.07, 6.45) is 17.4. The van der Waals surface area contributed by atoms with E-state index in [0.717, 1.165) is 5.57 Å². The molecule has 60 valence electrons. The van der Waals surface area contributed by atoms with Crippen molar-refractivity contribution < 1.29 is 0 Å². The maximum absolute atomic E-state index is 8.65. The lowest BCUT2D eigenvalue weighted by atomic mass is 9.97. The monoisotopic (exact) mass is 165 g/mol. The summed E-state index contributed by atoms with van der Waals surface area (Å²) in [7, 11) is 0. The zero-order chi connectivity index (χ0) is 9.84. The first-order chi connectivity index (χ1) is 6.28. The largest absolute Gasteiger partial charge is 0.197 e. The molecule has 1 aliphatic carbocycles. The molecule has 0 spiro atoms. The number of rotatable bonds is 2. The molecule has 13 heavy (non-hydrogen) atoms. The Morgan fingerprint density at radius 3 is 2.23 bits per heavy atom. The lowest BCUT2D eigenvalue weighted by molar-refractivity contribution is 0.741. The Labute approximate surface area is 78.4 Å². The van der Waals surface area contributed by atoms with Gasteiger partial charge in [0.05, 0.1) is 6.07 Å². The van der Waals surface area contributed by atoms with Crippen LogP contribution < -0.4 is 0 Å². The van der Waals surface area contributed by atoms with E-state index >= 15 is 0 Å². The first-order valence-corrected chi connectivity index (χ1v) is 3.78. The van der Waals surface area contributed by atoms with E-state index in [9.17, 15) is 0 Å². The SMILES string of the molecule is C#CC(C#C)C1=CC1C(C#C)C#N. The van der Waals surface area contributed by atoms with Crippen LogP contribution in [0.1, 0.15) is 0 Å². The quantitative estimate of drug-likeness (QED) is 0.445. The van der Waals surface area contributed by atoms with Gasteiger partial charge in [-0.15, -0.1) is 19.3 Å². The maximum Gasteiger partial charge on any atom is 0.117 e. The lowest BCUT2D eigenvalue weighted by Gasteiger charge is -2.02. The van der Waals surface area contributed by atoms with Crippen LogP contribution in [0, 0.1) is 66.1 Å². The van der Waals surface area contributed by atoms with Gasteiger partial charge in [0.25, 0.3) is 0 Å². The van der Waals surface area contributed by atoms with Crippen molar-refractivity contribution in [1.82, 2.24) is 0 Å². The minimum atomic E-state index is -0.417. The topological polar surface area (TPSA) is 23.8 Å². The third-order valence-electron chi connectivity index (χ3n) is 1.99. The highest BCUT2D eigenvalue weighted by molar-refractivity contribution is 5.45. The van der Waals surface area contributed by atoms with E-state index in [1.54, 1.807) is 0 Å². The number of hydrogen-bond acceptors (Lipinski definition) is 1. The molecular formula is C12H7N. The van der Waals surface area contributed by atoms with Gasteiger partial charge in [-0.05, 0) is 5.57 Å². The van der Waals surface area contributed by atoms with Gasteiger partial charge in [-0.25, -0.2) is 0 Å². The molecule has 0 aromatic carbocycles. The Kier molecular flexibility index (Phi) is 2.45. The summed E-state index contributed by atoms with van der Waals surface area (Å²) in [6, 6.07) is 2.02. The van der Waals surface area contributed by atoms with Crippen molar-refractivity contribution in [2.45, 2.75) is 0 Å². The molecule has 0 heterocycles. The molecule has 0 aromatic heterocycles. The third kappa shape index (κ3) is 1.56. The predicted molar refractivity (Wildman–Crippen MR) is 50.7 cm³/mol. The van der Waals surface area contributed by atoms with Crippen LogP contribution in [-0.2, 0) is 0 Å². The van der Waals surface area contributed by atoms with Gasteiger partial charge in [0.2, 0.25) is 0 Å². The van der Waals surface area contributed by atoms with E-state index in [2.05, 4.69) is 17.8 Å². The van der Waals surface area contributed by atoms with Crippen molar-refractivity contribution >= 4 is 0 Å². The number of terminal acetylenes is 3. The van der Waals surface area contributed by atoms with Crippen molar-refractivity contribution in [3.05, 3.63) is 11.6 Å². The fraction of sp³-hybridized carbons (Fsp3) is 0.250. The van der Waals surface area contributed by atoms with E-state index in [0.29, 0.717) is 0 Å². The second-order valence-corrected chi connectivity index (χ2v) is 2.73. The smallest absolute Gasteiger partial charge is 0.117 e. The van der Waals surface area contributed by atoms with E-state index in [4.69, 9.17) is 24.5 Å². The number of hydrogen-bond donors (Lipinski definition) is 0. The molecule has 1 heteroatoms. The van der Waals surface area contributed by atoms with E-state index in [1.165, 1.54) is 0 Å². The van der Waals surface area contributed by atoms with Crippen LogP contribution in [-0.4, -0.2) is 0 Å². The highest BCUT2D eigenvalue weighted by Crippen LogP contribution is 2.40. The molecule has 0 saturated carbocycles. The molecule has 0 bridgehead atoms. The Morgan fingerprint density at radius 2 is 1.85 bits per heavy atom. The number of allylic oxidation sites excluding steroid dienone is 2. The standard InChI is InChI=1S/C12H7N/c1-4-9(5-2)11-7-12(11)10(6-3)8-13/h1-3,7,9-10,12H.